The lowest BCUT2D eigenvalue weighted by molar-refractivity contribution is 0.0940. The summed E-state index contributed by atoms with van der Waals surface area (Å²) in [4.78, 5) is 23.6. The third-order valence-corrected chi connectivity index (χ3v) is 5.55. The van der Waals surface area contributed by atoms with Gasteiger partial charge in [0.2, 0.25) is 0 Å². The molecule has 6 nitrogen and oxygen atoms in total. The molecule has 4 rings (SSSR count). The average molecular weight is 386 g/mol. The molecule has 2 aliphatic heterocycles. The van der Waals surface area contributed by atoms with Crippen LogP contribution in [0, 0.1) is 6.92 Å². The van der Waals surface area contributed by atoms with E-state index in [9.17, 15) is 4.79 Å². The van der Waals surface area contributed by atoms with E-state index >= 15 is 0 Å². The zero-order valence-corrected chi connectivity index (χ0v) is 16.2. The number of nitrogens with zero attached hydrogens (tertiary/aromatic N) is 3. The molecule has 1 fully saturated rings. The molecule has 1 saturated heterocycles. The Hall–Kier alpha value is -2.18. The molecule has 0 radical (unpaired) electrons. The van der Waals surface area contributed by atoms with Gasteiger partial charge in [0.25, 0.3) is 5.91 Å². The Labute approximate surface area is 164 Å². The molecular formula is C20H24ClN5O. The Morgan fingerprint density at radius 3 is 2.70 bits per heavy atom. The van der Waals surface area contributed by atoms with Gasteiger partial charge >= 0.3 is 0 Å². The van der Waals surface area contributed by atoms with Crippen LogP contribution < -0.4 is 10.6 Å². The minimum absolute atomic E-state index is 0.112. The van der Waals surface area contributed by atoms with Crippen molar-refractivity contribution in [2.45, 2.75) is 32.2 Å². The van der Waals surface area contributed by atoms with Crippen LogP contribution in [0.25, 0.3) is 0 Å². The fourth-order valence-electron chi connectivity index (χ4n) is 3.94. The van der Waals surface area contributed by atoms with Crippen molar-refractivity contribution in [3.8, 4) is 0 Å². The van der Waals surface area contributed by atoms with E-state index in [-0.39, 0.29) is 11.9 Å². The van der Waals surface area contributed by atoms with Crippen molar-refractivity contribution in [2.75, 3.05) is 31.5 Å². The number of halogens is 1. The van der Waals surface area contributed by atoms with Crippen molar-refractivity contribution in [3.63, 3.8) is 0 Å². The number of benzene rings is 1. The number of aromatic nitrogens is 2. The maximum Gasteiger partial charge on any atom is 0.270 e. The third kappa shape index (κ3) is 3.92. The quantitative estimate of drug-likeness (QED) is 0.828. The van der Waals surface area contributed by atoms with Crippen LogP contribution in [0.1, 0.15) is 46.3 Å². The van der Waals surface area contributed by atoms with Crippen LogP contribution in [0.5, 0.6) is 0 Å². The van der Waals surface area contributed by atoms with E-state index in [1.54, 1.807) is 0 Å². The molecule has 142 valence electrons. The number of carbonyl (C=O) groups excluding carboxylic acids is 1. The first-order valence-electron chi connectivity index (χ1n) is 9.51. The molecule has 0 aliphatic carbocycles. The summed E-state index contributed by atoms with van der Waals surface area (Å²) in [5.41, 5.74) is 2.66. The molecule has 2 aliphatic rings. The predicted molar refractivity (Wildman–Crippen MR) is 106 cm³/mol. The van der Waals surface area contributed by atoms with Crippen LogP contribution >= 0.6 is 11.6 Å². The zero-order valence-electron chi connectivity index (χ0n) is 15.5. The van der Waals surface area contributed by atoms with Crippen LogP contribution in [-0.4, -0.2) is 47.0 Å². The van der Waals surface area contributed by atoms with Gasteiger partial charge in [-0.1, -0.05) is 23.7 Å². The predicted octanol–water partition coefficient (Wildman–Crippen LogP) is 2.97. The fourth-order valence-corrected chi connectivity index (χ4v) is 4.07. The van der Waals surface area contributed by atoms with Crippen molar-refractivity contribution < 1.29 is 4.79 Å². The van der Waals surface area contributed by atoms with Gasteiger partial charge < -0.3 is 10.6 Å². The number of hydrogen-bond acceptors (Lipinski definition) is 5. The van der Waals surface area contributed by atoms with Gasteiger partial charge in [0.1, 0.15) is 17.3 Å². The molecule has 0 spiro atoms. The molecule has 27 heavy (non-hydrogen) atoms. The van der Waals surface area contributed by atoms with E-state index in [0.717, 1.165) is 42.5 Å². The van der Waals surface area contributed by atoms with Crippen molar-refractivity contribution in [1.29, 1.82) is 0 Å². The first-order valence-corrected chi connectivity index (χ1v) is 9.89. The largest absolute Gasteiger partial charge is 0.368 e. The molecule has 1 aromatic carbocycles. The lowest BCUT2D eigenvalue weighted by atomic mass is 10.0. The zero-order chi connectivity index (χ0) is 18.8. The summed E-state index contributed by atoms with van der Waals surface area (Å²) >= 11 is 6.08. The van der Waals surface area contributed by atoms with E-state index in [2.05, 4.69) is 37.6 Å². The first kappa shape index (κ1) is 18.2. The third-order valence-electron chi connectivity index (χ3n) is 5.29. The second kappa shape index (κ2) is 7.82. The summed E-state index contributed by atoms with van der Waals surface area (Å²) in [5, 5.41) is 7.12. The Kier molecular flexibility index (Phi) is 5.27. The molecule has 3 heterocycles. The molecule has 7 heteroatoms. The summed E-state index contributed by atoms with van der Waals surface area (Å²) in [7, 11) is 0. The summed E-state index contributed by atoms with van der Waals surface area (Å²) in [5.74, 6) is 1.28. The topological polar surface area (TPSA) is 70.2 Å². The SMILES string of the molecule is Cc1nc(NCC(c2ccc(Cl)cc2)N2CCCC2)c2c(n1)C(=O)NCC2. The Bertz CT molecular complexity index is 833. The molecular weight excluding hydrogens is 362 g/mol. The van der Waals surface area contributed by atoms with E-state index in [4.69, 9.17) is 11.6 Å². The van der Waals surface area contributed by atoms with E-state index in [1.165, 1.54) is 18.4 Å². The second-order valence-electron chi connectivity index (χ2n) is 7.14. The smallest absolute Gasteiger partial charge is 0.270 e. The van der Waals surface area contributed by atoms with E-state index in [0.29, 0.717) is 18.1 Å². The Morgan fingerprint density at radius 1 is 1.22 bits per heavy atom. The summed E-state index contributed by atoms with van der Waals surface area (Å²) < 4.78 is 0. The number of aryl methyl sites for hydroxylation is 1. The highest BCUT2D eigenvalue weighted by Gasteiger charge is 2.26. The second-order valence-corrected chi connectivity index (χ2v) is 7.58. The van der Waals surface area contributed by atoms with Gasteiger partial charge in [-0.25, -0.2) is 9.97 Å². The van der Waals surface area contributed by atoms with Gasteiger partial charge in [0.15, 0.2) is 0 Å². The molecule has 0 bridgehead atoms. The van der Waals surface area contributed by atoms with Crippen LogP contribution in [0.3, 0.4) is 0 Å². The molecule has 0 saturated carbocycles. The molecule has 2 N–H and O–H groups in total. The van der Waals surface area contributed by atoms with Crippen molar-refractivity contribution in [1.82, 2.24) is 20.2 Å². The summed E-state index contributed by atoms with van der Waals surface area (Å²) in [6.07, 6.45) is 3.21. The minimum atomic E-state index is -0.112. The number of fused-ring (bicyclic) bond motifs is 1. The highest BCUT2D eigenvalue weighted by atomic mass is 35.5. The average Bonchev–Trinajstić information content (AvgIpc) is 3.18. The Balaban J connectivity index is 1.59. The standard InChI is InChI=1S/C20H24ClN5O/c1-13-24-18-16(8-9-22-20(18)27)19(25-13)23-12-17(26-10-2-3-11-26)14-4-6-15(21)7-5-14/h4-7,17H,2-3,8-12H2,1H3,(H,22,27)(H,23,24,25). The summed E-state index contributed by atoms with van der Waals surface area (Å²) in [6.45, 7) is 5.37. The maximum atomic E-state index is 12.1. The number of anilines is 1. The normalized spacial score (nSPS) is 18.1. The molecule has 1 unspecified atom stereocenters. The monoisotopic (exact) mass is 385 g/mol. The maximum absolute atomic E-state index is 12.1. The van der Waals surface area contributed by atoms with E-state index in [1.807, 2.05) is 19.1 Å². The minimum Gasteiger partial charge on any atom is -0.368 e. The highest BCUT2D eigenvalue weighted by Crippen LogP contribution is 2.28. The highest BCUT2D eigenvalue weighted by molar-refractivity contribution is 6.30. The lowest BCUT2D eigenvalue weighted by Gasteiger charge is -2.29. The van der Waals surface area contributed by atoms with Crippen LogP contribution in [-0.2, 0) is 6.42 Å². The lowest BCUT2D eigenvalue weighted by Crippen LogP contribution is -2.35. The molecule has 1 atom stereocenters. The van der Waals surface area contributed by atoms with Gasteiger partial charge in [0.05, 0.1) is 6.04 Å². The van der Waals surface area contributed by atoms with Crippen molar-refractivity contribution in [3.05, 3.63) is 51.9 Å². The number of likely N-dealkylation sites (tertiary alicyclic amines) is 1. The molecule has 1 aromatic heterocycles. The van der Waals surface area contributed by atoms with Gasteiger partial charge in [-0.3, -0.25) is 9.69 Å². The van der Waals surface area contributed by atoms with Gasteiger partial charge in [-0.2, -0.15) is 0 Å². The summed E-state index contributed by atoms with van der Waals surface area (Å²) in [6, 6.07) is 8.33. The number of nitrogens with one attached hydrogen (secondary N) is 2. The molecule has 1 amide bonds. The van der Waals surface area contributed by atoms with E-state index < -0.39 is 0 Å². The Morgan fingerprint density at radius 2 is 1.96 bits per heavy atom. The van der Waals surface area contributed by atoms with Gasteiger partial charge in [-0.15, -0.1) is 0 Å². The number of carbonyl (C=O) groups is 1. The molecule has 2 aromatic rings. The fraction of sp³-hybridized carbons (Fsp3) is 0.450. The number of rotatable bonds is 5. The van der Waals surface area contributed by atoms with Crippen molar-refractivity contribution in [2.24, 2.45) is 0 Å². The number of amides is 1. The van der Waals surface area contributed by atoms with Crippen LogP contribution in [0.4, 0.5) is 5.82 Å². The number of hydrogen-bond donors (Lipinski definition) is 2. The van der Waals surface area contributed by atoms with Gasteiger partial charge in [-0.05, 0) is 57.0 Å². The van der Waals surface area contributed by atoms with Crippen LogP contribution in [0.2, 0.25) is 5.02 Å². The van der Waals surface area contributed by atoms with Gasteiger partial charge in [0, 0.05) is 23.7 Å². The van der Waals surface area contributed by atoms with Crippen molar-refractivity contribution >= 4 is 23.3 Å². The van der Waals surface area contributed by atoms with Crippen LogP contribution in [0.15, 0.2) is 24.3 Å². The first-order chi connectivity index (χ1) is 13.1.